The van der Waals surface area contributed by atoms with E-state index in [-0.39, 0.29) is 30.1 Å². The van der Waals surface area contributed by atoms with Crippen LogP contribution in [-0.2, 0) is 4.79 Å². The van der Waals surface area contributed by atoms with E-state index in [2.05, 4.69) is 46.3 Å². The second-order valence-electron chi connectivity index (χ2n) is 9.80. The molecular formula is C24H32N8OS. The van der Waals surface area contributed by atoms with Gasteiger partial charge in [-0.15, -0.1) is 11.3 Å². The molecule has 4 atom stereocenters. The third kappa shape index (κ3) is 3.98. The summed E-state index contributed by atoms with van der Waals surface area (Å²) in [4.78, 5) is 24.1. The van der Waals surface area contributed by atoms with Gasteiger partial charge in [-0.2, -0.15) is 5.10 Å². The fourth-order valence-corrected chi connectivity index (χ4v) is 6.37. The fraction of sp³-hybridized carbons (Fsp3) is 0.542. The van der Waals surface area contributed by atoms with E-state index in [0.29, 0.717) is 0 Å². The number of aromatic nitrogens is 3. The van der Waals surface area contributed by atoms with Crippen molar-refractivity contribution in [1.29, 1.82) is 0 Å². The quantitative estimate of drug-likeness (QED) is 0.526. The van der Waals surface area contributed by atoms with Crippen molar-refractivity contribution < 1.29 is 4.79 Å². The Balaban J connectivity index is 1.24. The lowest BCUT2D eigenvalue weighted by Gasteiger charge is -2.36. The molecule has 34 heavy (non-hydrogen) atoms. The van der Waals surface area contributed by atoms with E-state index in [1.54, 1.807) is 11.3 Å². The van der Waals surface area contributed by atoms with Gasteiger partial charge in [-0.25, -0.2) is 20.4 Å². The van der Waals surface area contributed by atoms with Crippen LogP contribution >= 0.6 is 11.3 Å². The Hall–Kier alpha value is -2.53. The molecule has 0 radical (unpaired) electrons. The molecule has 3 aliphatic rings. The van der Waals surface area contributed by atoms with E-state index >= 15 is 0 Å². The topological polar surface area (TPSA) is 104 Å². The van der Waals surface area contributed by atoms with Crippen LogP contribution in [0.25, 0.3) is 5.65 Å². The Kier molecular flexibility index (Phi) is 5.76. The molecule has 0 saturated carbocycles. The number of hydrogen-bond donors (Lipinski definition) is 3. The normalized spacial score (nSPS) is 27.7. The van der Waals surface area contributed by atoms with Gasteiger partial charge in [0.2, 0.25) is 5.91 Å². The number of carbonyl (C=O) groups is 1. The number of nitrogens with two attached hydrogens (primary N) is 1. The van der Waals surface area contributed by atoms with Crippen LogP contribution in [0.5, 0.6) is 0 Å². The third-order valence-corrected chi connectivity index (χ3v) is 8.35. The van der Waals surface area contributed by atoms with Crippen LogP contribution in [-0.4, -0.2) is 57.1 Å². The van der Waals surface area contributed by atoms with Crippen LogP contribution in [0.3, 0.4) is 0 Å². The molecule has 180 valence electrons. The standard InChI is InChI=1S/C24H32N8OS/c1-15-13-32-22(26-23(15)30-9-7-16(25)14-30)12-17(29-32)20-5-2-3-8-31(20)24(33)19-11-18(27-28-19)21-6-4-10-34-21/h4,6,10,12-13,16,18-20,27-28H,2-3,5,7-9,11,14,25H2,1H3/t16-,18?,19?,20-/m0/s1. The maximum atomic E-state index is 13.6. The number of amides is 1. The van der Waals surface area contributed by atoms with Gasteiger partial charge in [0.15, 0.2) is 5.65 Å². The lowest BCUT2D eigenvalue weighted by molar-refractivity contribution is -0.137. The molecule has 10 heteroatoms. The van der Waals surface area contributed by atoms with Gasteiger partial charge < -0.3 is 15.5 Å². The number of rotatable bonds is 4. The first kappa shape index (κ1) is 22.0. The van der Waals surface area contributed by atoms with Gasteiger partial charge in [-0.05, 0) is 50.5 Å². The van der Waals surface area contributed by atoms with Crippen LogP contribution in [0, 0.1) is 6.92 Å². The summed E-state index contributed by atoms with van der Waals surface area (Å²) in [5.74, 6) is 1.15. The molecule has 3 aromatic heterocycles. The highest BCUT2D eigenvalue weighted by Crippen LogP contribution is 2.34. The number of nitrogens with one attached hydrogen (secondary N) is 2. The first-order valence-corrected chi connectivity index (χ1v) is 13.2. The Bertz CT molecular complexity index is 1180. The molecule has 0 spiro atoms. The minimum absolute atomic E-state index is 0.0190. The Labute approximate surface area is 203 Å². The van der Waals surface area contributed by atoms with Crippen LogP contribution in [0.2, 0.25) is 0 Å². The molecule has 3 saturated heterocycles. The lowest BCUT2D eigenvalue weighted by Crippen LogP contribution is -2.48. The van der Waals surface area contributed by atoms with Gasteiger partial charge in [0.05, 0.1) is 17.8 Å². The van der Waals surface area contributed by atoms with E-state index < -0.39 is 0 Å². The fourth-order valence-electron chi connectivity index (χ4n) is 5.58. The van der Waals surface area contributed by atoms with E-state index in [4.69, 9.17) is 15.8 Å². The summed E-state index contributed by atoms with van der Waals surface area (Å²) in [5.41, 5.74) is 15.5. The highest BCUT2D eigenvalue weighted by molar-refractivity contribution is 7.10. The molecule has 0 aromatic carbocycles. The van der Waals surface area contributed by atoms with E-state index in [0.717, 1.165) is 74.5 Å². The summed E-state index contributed by atoms with van der Waals surface area (Å²) < 4.78 is 1.86. The molecule has 3 fully saturated rings. The van der Waals surface area contributed by atoms with E-state index in [1.807, 2.05) is 15.6 Å². The number of hydrogen-bond acceptors (Lipinski definition) is 8. The van der Waals surface area contributed by atoms with Gasteiger partial charge in [0, 0.05) is 48.4 Å². The van der Waals surface area contributed by atoms with Crippen molar-refractivity contribution in [3.8, 4) is 0 Å². The molecule has 6 heterocycles. The Morgan fingerprint density at radius 3 is 2.94 bits per heavy atom. The van der Waals surface area contributed by atoms with Crippen LogP contribution in [0.15, 0.2) is 29.8 Å². The van der Waals surface area contributed by atoms with Crippen LogP contribution in [0.4, 0.5) is 5.82 Å². The van der Waals surface area contributed by atoms with Crippen molar-refractivity contribution >= 4 is 28.7 Å². The molecule has 6 rings (SSSR count). The van der Waals surface area contributed by atoms with Gasteiger partial charge in [-0.3, -0.25) is 4.79 Å². The van der Waals surface area contributed by atoms with Crippen molar-refractivity contribution in [3.05, 3.63) is 45.9 Å². The third-order valence-electron chi connectivity index (χ3n) is 7.36. The van der Waals surface area contributed by atoms with Gasteiger partial charge in [0.1, 0.15) is 11.9 Å². The number of thiophene rings is 1. The Morgan fingerprint density at radius 1 is 1.24 bits per heavy atom. The van der Waals surface area contributed by atoms with Crippen LogP contribution in [0.1, 0.15) is 60.3 Å². The lowest BCUT2D eigenvalue weighted by atomic mass is 9.97. The second kappa shape index (κ2) is 8.92. The monoisotopic (exact) mass is 480 g/mol. The number of aryl methyl sites for hydroxylation is 1. The van der Waals surface area contributed by atoms with Gasteiger partial charge >= 0.3 is 0 Å². The minimum atomic E-state index is -0.226. The van der Waals surface area contributed by atoms with Crippen LogP contribution < -0.4 is 21.5 Å². The van der Waals surface area contributed by atoms with Crippen molar-refractivity contribution in [2.24, 2.45) is 5.73 Å². The zero-order chi connectivity index (χ0) is 23.2. The number of carbonyl (C=O) groups excluding carboxylic acids is 1. The first-order chi connectivity index (χ1) is 16.6. The summed E-state index contributed by atoms with van der Waals surface area (Å²) in [6.07, 6.45) is 6.86. The predicted octanol–water partition coefficient (Wildman–Crippen LogP) is 2.30. The summed E-state index contributed by atoms with van der Waals surface area (Å²) in [6.45, 7) is 4.62. The number of hydrazine groups is 1. The second-order valence-corrected chi connectivity index (χ2v) is 10.8. The number of likely N-dealkylation sites (tertiary alicyclic amines) is 1. The molecule has 3 aromatic rings. The van der Waals surface area contributed by atoms with Crippen molar-refractivity contribution in [2.75, 3.05) is 24.5 Å². The molecule has 2 unspecified atom stereocenters. The van der Waals surface area contributed by atoms with Crippen molar-refractivity contribution in [1.82, 2.24) is 30.3 Å². The largest absolute Gasteiger partial charge is 0.355 e. The predicted molar refractivity (Wildman–Crippen MR) is 133 cm³/mol. The SMILES string of the molecule is Cc1cn2nc([C@@H]3CCCCN3C(=O)C3CC(c4cccs4)NN3)cc2nc1N1CC[C@H](N)C1. The van der Waals surface area contributed by atoms with Gasteiger partial charge in [0.25, 0.3) is 0 Å². The molecule has 0 bridgehead atoms. The summed E-state index contributed by atoms with van der Waals surface area (Å²) in [7, 11) is 0. The zero-order valence-corrected chi connectivity index (χ0v) is 20.3. The molecule has 0 aliphatic carbocycles. The molecule has 1 amide bonds. The highest BCUT2D eigenvalue weighted by atomic mass is 32.1. The number of nitrogens with zero attached hydrogens (tertiary/aromatic N) is 5. The minimum Gasteiger partial charge on any atom is -0.355 e. The maximum Gasteiger partial charge on any atom is 0.241 e. The summed E-state index contributed by atoms with van der Waals surface area (Å²) in [6, 6.07) is 6.38. The summed E-state index contributed by atoms with van der Waals surface area (Å²) >= 11 is 1.72. The van der Waals surface area contributed by atoms with E-state index in [1.165, 1.54) is 4.88 Å². The number of fused-ring (bicyclic) bond motifs is 1. The first-order valence-electron chi connectivity index (χ1n) is 12.3. The molecular weight excluding hydrogens is 448 g/mol. The van der Waals surface area contributed by atoms with Gasteiger partial charge in [-0.1, -0.05) is 6.07 Å². The van der Waals surface area contributed by atoms with Crippen molar-refractivity contribution in [3.63, 3.8) is 0 Å². The Morgan fingerprint density at radius 2 is 2.15 bits per heavy atom. The molecule has 9 nitrogen and oxygen atoms in total. The van der Waals surface area contributed by atoms with E-state index in [9.17, 15) is 4.79 Å². The zero-order valence-electron chi connectivity index (χ0n) is 19.5. The molecule has 4 N–H and O–H groups in total. The average Bonchev–Trinajstić information content (AvgIpc) is 3.64. The number of piperidine rings is 1. The smallest absolute Gasteiger partial charge is 0.241 e. The molecule has 3 aliphatic heterocycles. The highest BCUT2D eigenvalue weighted by Gasteiger charge is 2.38. The van der Waals surface area contributed by atoms with Crippen molar-refractivity contribution in [2.45, 2.75) is 63.2 Å². The maximum absolute atomic E-state index is 13.6. The average molecular weight is 481 g/mol. The number of anilines is 1. The summed E-state index contributed by atoms with van der Waals surface area (Å²) in [5, 5.41) is 6.96.